The Morgan fingerprint density at radius 1 is 1.24 bits per heavy atom. The van der Waals surface area contributed by atoms with Gasteiger partial charge in [-0.15, -0.1) is 0 Å². The number of ether oxygens (including phenoxy) is 2. The van der Waals surface area contributed by atoms with Crippen molar-refractivity contribution in [3.05, 3.63) is 58.1 Å². The van der Waals surface area contributed by atoms with Crippen LogP contribution in [0.2, 0.25) is 0 Å². The van der Waals surface area contributed by atoms with Crippen LogP contribution in [-0.2, 0) is 16.0 Å². The number of nitrogens with zero attached hydrogens (tertiary/aromatic N) is 1. The summed E-state index contributed by atoms with van der Waals surface area (Å²) in [6, 6.07) is 11.0. The molecule has 0 aliphatic heterocycles. The van der Waals surface area contributed by atoms with Gasteiger partial charge in [-0.1, -0.05) is 18.2 Å². The van der Waals surface area contributed by atoms with Gasteiger partial charge in [0.15, 0.2) is 0 Å². The predicted octanol–water partition coefficient (Wildman–Crippen LogP) is 2.70. The molecule has 0 aliphatic rings. The van der Waals surface area contributed by atoms with E-state index in [1.165, 1.54) is 6.07 Å². The average Bonchev–Trinajstić information content (AvgIpc) is 2.62. The van der Waals surface area contributed by atoms with Gasteiger partial charge in [0.1, 0.15) is 11.8 Å². The van der Waals surface area contributed by atoms with Gasteiger partial charge in [-0.2, -0.15) is 0 Å². The van der Waals surface area contributed by atoms with Gasteiger partial charge in [-0.3, -0.25) is 14.9 Å². The summed E-state index contributed by atoms with van der Waals surface area (Å²) in [6.45, 7) is 1.93. The van der Waals surface area contributed by atoms with Crippen molar-refractivity contribution in [2.75, 3.05) is 13.7 Å². The fourth-order valence-corrected chi connectivity index (χ4v) is 2.46. The quantitative estimate of drug-likeness (QED) is 0.470. The van der Waals surface area contributed by atoms with E-state index in [4.69, 9.17) is 15.2 Å². The molecular formula is C18H20N2O5. The molecule has 2 aromatic carbocycles. The van der Waals surface area contributed by atoms with E-state index in [2.05, 4.69) is 0 Å². The molecule has 2 rings (SSSR count). The summed E-state index contributed by atoms with van der Waals surface area (Å²) in [7, 11) is 1.55. The van der Waals surface area contributed by atoms with Crippen molar-refractivity contribution in [2.24, 2.45) is 5.73 Å². The number of carbonyl (C=O) groups is 1. The first-order valence-electron chi connectivity index (χ1n) is 7.80. The van der Waals surface area contributed by atoms with Gasteiger partial charge in [0.05, 0.1) is 24.2 Å². The van der Waals surface area contributed by atoms with E-state index in [9.17, 15) is 14.9 Å². The molecule has 1 atom stereocenters. The zero-order chi connectivity index (χ0) is 18.4. The Labute approximate surface area is 145 Å². The number of esters is 1. The molecular weight excluding hydrogens is 324 g/mol. The third kappa shape index (κ3) is 4.54. The average molecular weight is 344 g/mol. The Morgan fingerprint density at radius 3 is 2.48 bits per heavy atom. The van der Waals surface area contributed by atoms with Crippen molar-refractivity contribution in [1.29, 1.82) is 0 Å². The number of rotatable bonds is 7. The van der Waals surface area contributed by atoms with Crippen LogP contribution in [0.1, 0.15) is 12.5 Å². The molecule has 0 bridgehead atoms. The lowest BCUT2D eigenvalue weighted by molar-refractivity contribution is -0.384. The number of benzene rings is 2. The van der Waals surface area contributed by atoms with Gasteiger partial charge >= 0.3 is 5.97 Å². The van der Waals surface area contributed by atoms with Crippen molar-refractivity contribution < 1.29 is 19.2 Å². The molecule has 7 heteroatoms. The molecule has 0 amide bonds. The first-order chi connectivity index (χ1) is 12.0. The number of nitro benzene ring substituents is 1. The molecule has 132 valence electrons. The molecule has 25 heavy (non-hydrogen) atoms. The monoisotopic (exact) mass is 344 g/mol. The van der Waals surface area contributed by atoms with Crippen molar-refractivity contribution >= 4 is 11.7 Å². The Morgan fingerprint density at radius 2 is 1.92 bits per heavy atom. The molecule has 2 N–H and O–H groups in total. The van der Waals surface area contributed by atoms with Crippen LogP contribution in [-0.4, -0.2) is 30.7 Å². The minimum atomic E-state index is -0.855. The van der Waals surface area contributed by atoms with Crippen LogP contribution >= 0.6 is 0 Å². The summed E-state index contributed by atoms with van der Waals surface area (Å²) in [5, 5.41) is 11.5. The molecule has 0 radical (unpaired) electrons. The van der Waals surface area contributed by atoms with E-state index in [0.29, 0.717) is 22.4 Å². The zero-order valence-corrected chi connectivity index (χ0v) is 14.1. The van der Waals surface area contributed by atoms with Gasteiger partial charge < -0.3 is 15.2 Å². The molecule has 0 saturated heterocycles. The summed E-state index contributed by atoms with van der Waals surface area (Å²) in [4.78, 5) is 22.6. The predicted molar refractivity (Wildman–Crippen MR) is 93.4 cm³/mol. The van der Waals surface area contributed by atoms with Crippen LogP contribution < -0.4 is 10.5 Å². The smallest absolute Gasteiger partial charge is 0.323 e. The lowest BCUT2D eigenvalue weighted by Gasteiger charge is -2.11. The lowest BCUT2D eigenvalue weighted by Crippen LogP contribution is -2.34. The third-order valence-corrected chi connectivity index (χ3v) is 3.70. The highest BCUT2D eigenvalue weighted by molar-refractivity contribution is 5.77. The number of nitro groups is 1. The highest BCUT2D eigenvalue weighted by atomic mass is 16.6. The van der Waals surface area contributed by atoms with Gasteiger partial charge in [-0.25, -0.2) is 0 Å². The van der Waals surface area contributed by atoms with Crippen LogP contribution in [0.25, 0.3) is 11.1 Å². The van der Waals surface area contributed by atoms with E-state index in [-0.39, 0.29) is 18.7 Å². The molecule has 0 aliphatic carbocycles. The Hall–Kier alpha value is -2.93. The number of carbonyl (C=O) groups excluding carboxylic acids is 1. The van der Waals surface area contributed by atoms with Crippen molar-refractivity contribution in [3.8, 4) is 16.9 Å². The molecule has 2 aromatic rings. The molecule has 7 nitrogen and oxygen atoms in total. The van der Waals surface area contributed by atoms with E-state index < -0.39 is 16.9 Å². The topological polar surface area (TPSA) is 105 Å². The third-order valence-electron chi connectivity index (χ3n) is 3.70. The SMILES string of the molecule is CCOC(=O)[C@@H](N)Cc1ccc(-c2ccc(OC)cc2)c([N+](=O)[O-])c1. The lowest BCUT2D eigenvalue weighted by atomic mass is 9.98. The molecule has 0 saturated carbocycles. The fourth-order valence-electron chi connectivity index (χ4n) is 2.46. The molecule has 0 fully saturated rings. The normalized spacial score (nSPS) is 11.6. The minimum Gasteiger partial charge on any atom is -0.497 e. The van der Waals surface area contributed by atoms with Crippen LogP contribution in [0.3, 0.4) is 0 Å². The maximum atomic E-state index is 11.6. The van der Waals surface area contributed by atoms with Crippen molar-refractivity contribution in [1.82, 2.24) is 0 Å². The van der Waals surface area contributed by atoms with E-state index in [1.54, 1.807) is 50.4 Å². The van der Waals surface area contributed by atoms with E-state index >= 15 is 0 Å². The highest BCUT2D eigenvalue weighted by Crippen LogP contribution is 2.32. The van der Waals surface area contributed by atoms with Gasteiger partial charge in [-0.05, 0) is 42.7 Å². The summed E-state index contributed by atoms with van der Waals surface area (Å²) >= 11 is 0. The molecule has 0 unspecified atom stereocenters. The maximum Gasteiger partial charge on any atom is 0.323 e. The fraction of sp³-hybridized carbons (Fsp3) is 0.278. The summed E-state index contributed by atoms with van der Waals surface area (Å²) in [5.74, 6) is 0.146. The second kappa shape index (κ2) is 8.25. The first kappa shape index (κ1) is 18.4. The molecule has 0 spiro atoms. The second-order valence-electron chi connectivity index (χ2n) is 5.40. The van der Waals surface area contributed by atoms with Crippen LogP contribution in [0, 0.1) is 10.1 Å². The number of nitrogens with two attached hydrogens (primary N) is 1. The Bertz CT molecular complexity index is 759. The summed E-state index contributed by atoms with van der Waals surface area (Å²) in [6.07, 6.45) is 0.169. The van der Waals surface area contributed by atoms with Crippen molar-refractivity contribution in [3.63, 3.8) is 0 Å². The van der Waals surface area contributed by atoms with Crippen LogP contribution in [0.4, 0.5) is 5.69 Å². The van der Waals surface area contributed by atoms with E-state index in [0.717, 1.165) is 0 Å². The standard InChI is InChI=1S/C18H20N2O5/c1-3-25-18(21)16(19)10-12-4-9-15(17(11-12)20(22)23)13-5-7-14(24-2)8-6-13/h4-9,11,16H,3,10,19H2,1-2H3/t16-/m0/s1. The maximum absolute atomic E-state index is 11.6. The summed E-state index contributed by atoms with van der Waals surface area (Å²) < 4.78 is 9.96. The highest BCUT2D eigenvalue weighted by Gasteiger charge is 2.20. The van der Waals surface area contributed by atoms with Gasteiger partial charge in [0, 0.05) is 6.07 Å². The summed E-state index contributed by atoms with van der Waals surface area (Å²) in [5.41, 5.74) is 7.53. The minimum absolute atomic E-state index is 0.0428. The van der Waals surface area contributed by atoms with Gasteiger partial charge in [0.25, 0.3) is 5.69 Å². The number of hydrogen-bond acceptors (Lipinski definition) is 6. The Balaban J connectivity index is 2.31. The number of methoxy groups -OCH3 is 1. The first-order valence-corrected chi connectivity index (χ1v) is 7.80. The second-order valence-corrected chi connectivity index (χ2v) is 5.40. The largest absolute Gasteiger partial charge is 0.497 e. The molecule has 0 heterocycles. The Kier molecular flexibility index (Phi) is 6.08. The van der Waals surface area contributed by atoms with E-state index in [1.807, 2.05) is 0 Å². The van der Waals surface area contributed by atoms with Crippen LogP contribution in [0.5, 0.6) is 5.75 Å². The van der Waals surface area contributed by atoms with Crippen LogP contribution in [0.15, 0.2) is 42.5 Å². The molecule has 0 aromatic heterocycles. The zero-order valence-electron chi connectivity index (χ0n) is 14.1. The van der Waals surface area contributed by atoms with Crippen molar-refractivity contribution in [2.45, 2.75) is 19.4 Å². The number of hydrogen-bond donors (Lipinski definition) is 1. The van der Waals surface area contributed by atoms with Gasteiger partial charge in [0.2, 0.25) is 0 Å².